The second-order valence-electron chi connectivity index (χ2n) is 17.7. The SMILES string of the molecule is CCCCCCCCCCCCCCCC(=O)OCC(COP(=O)(O)OCC(CO)OC(=O)CCCCCCCCCCCCC)OC(=O)CCCCCCCCCCCCC. The molecule has 0 saturated carbocycles. The summed E-state index contributed by atoms with van der Waals surface area (Å²) >= 11 is 0. The Morgan fingerprint density at radius 2 is 0.645 bits per heavy atom. The molecule has 12 heteroatoms. The maximum atomic E-state index is 12.8. The second-order valence-corrected chi connectivity index (χ2v) is 19.2. The van der Waals surface area contributed by atoms with Gasteiger partial charge in [-0.2, -0.15) is 0 Å². The summed E-state index contributed by atoms with van der Waals surface area (Å²) < 4.78 is 39.3. The van der Waals surface area contributed by atoms with Crippen LogP contribution in [0.4, 0.5) is 0 Å². The molecule has 0 aromatic heterocycles. The Morgan fingerprint density at radius 1 is 0.387 bits per heavy atom. The third-order valence-corrected chi connectivity index (χ3v) is 12.5. The molecule has 0 radical (unpaired) electrons. The summed E-state index contributed by atoms with van der Waals surface area (Å²) in [4.78, 5) is 48.2. The number of carbonyl (C=O) groups is 3. The van der Waals surface area contributed by atoms with Crippen molar-refractivity contribution in [2.45, 2.75) is 277 Å². The van der Waals surface area contributed by atoms with Crippen LogP contribution in [0.25, 0.3) is 0 Å². The number of esters is 3. The minimum absolute atomic E-state index is 0.177. The number of carbonyl (C=O) groups excluding carboxylic acids is 3. The zero-order valence-electron chi connectivity index (χ0n) is 40.4. The molecule has 3 unspecified atom stereocenters. The third-order valence-electron chi connectivity index (χ3n) is 11.5. The Hall–Kier alpha value is -1.52. The van der Waals surface area contributed by atoms with Crippen LogP contribution in [0.3, 0.4) is 0 Å². The van der Waals surface area contributed by atoms with Crippen molar-refractivity contribution in [2.75, 3.05) is 26.4 Å². The van der Waals surface area contributed by atoms with Gasteiger partial charge in [-0.15, -0.1) is 0 Å². The van der Waals surface area contributed by atoms with Crippen molar-refractivity contribution in [2.24, 2.45) is 0 Å². The number of aliphatic hydroxyl groups is 1. The molecule has 0 aromatic rings. The molecular formula is C50H97O11P. The Bertz CT molecular complexity index is 1060. The van der Waals surface area contributed by atoms with Gasteiger partial charge in [0.15, 0.2) is 6.10 Å². The molecule has 0 amide bonds. The van der Waals surface area contributed by atoms with Crippen molar-refractivity contribution in [3.8, 4) is 0 Å². The van der Waals surface area contributed by atoms with Crippen LogP contribution in [-0.4, -0.2) is 66.5 Å². The molecule has 0 spiro atoms. The molecule has 0 heterocycles. The molecule has 2 N–H and O–H groups in total. The predicted octanol–water partition coefficient (Wildman–Crippen LogP) is 14.4. The van der Waals surface area contributed by atoms with E-state index in [4.69, 9.17) is 23.3 Å². The van der Waals surface area contributed by atoms with Crippen LogP contribution in [0.1, 0.15) is 265 Å². The van der Waals surface area contributed by atoms with Crippen molar-refractivity contribution < 1.29 is 52.2 Å². The first-order valence-electron chi connectivity index (χ1n) is 25.9. The first kappa shape index (κ1) is 60.5. The number of hydrogen-bond donors (Lipinski definition) is 2. The van der Waals surface area contributed by atoms with E-state index < -0.39 is 57.8 Å². The maximum Gasteiger partial charge on any atom is 0.472 e. The standard InChI is InChI=1S/C50H97O11P/c1-4-7-10-13-16-19-22-23-26-27-30-33-36-39-48(52)57-43-47(61-50(54)41-38-35-32-29-25-21-18-15-12-9-6-3)45-59-62(55,56)58-44-46(42-51)60-49(53)40-37-34-31-28-24-20-17-14-11-8-5-2/h46-47,51H,4-45H2,1-3H3,(H,55,56). The smallest absolute Gasteiger partial charge is 0.462 e. The van der Waals surface area contributed by atoms with E-state index in [1.165, 1.54) is 148 Å². The minimum atomic E-state index is -4.72. The molecule has 368 valence electrons. The lowest BCUT2D eigenvalue weighted by Gasteiger charge is -2.21. The van der Waals surface area contributed by atoms with E-state index in [0.717, 1.165) is 57.8 Å². The fraction of sp³-hybridized carbons (Fsp3) is 0.940. The molecule has 0 aromatic carbocycles. The molecule has 3 atom stereocenters. The molecule has 0 aliphatic carbocycles. The van der Waals surface area contributed by atoms with E-state index >= 15 is 0 Å². The number of rotatable bonds is 49. The van der Waals surface area contributed by atoms with Crippen LogP contribution in [0, 0.1) is 0 Å². The van der Waals surface area contributed by atoms with E-state index in [9.17, 15) is 28.9 Å². The summed E-state index contributed by atoms with van der Waals surface area (Å²) in [7, 11) is -4.72. The normalized spacial score (nSPS) is 13.4. The Balaban J connectivity index is 4.68. The fourth-order valence-corrected chi connectivity index (χ4v) is 8.32. The van der Waals surface area contributed by atoms with Crippen molar-refractivity contribution in [1.82, 2.24) is 0 Å². The van der Waals surface area contributed by atoms with E-state index in [2.05, 4.69) is 20.8 Å². The molecule has 0 fully saturated rings. The van der Waals surface area contributed by atoms with Gasteiger partial charge in [-0.3, -0.25) is 23.4 Å². The van der Waals surface area contributed by atoms with Gasteiger partial charge in [-0.1, -0.05) is 226 Å². The first-order chi connectivity index (χ1) is 30.2. The monoisotopic (exact) mass is 905 g/mol. The zero-order chi connectivity index (χ0) is 45.6. The quantitative estimate of drug-likeness (QED) is 0.0259. The van der Waals surface area contributed by atoms with Gasteiger partial charge < -0.3 is 24.2 Å². The average Bonchev–Trinajstić information content (AvgIpc) is 3.25. The number of phosphoric acid groups is 1. The van der Waals surface area contributed by atoms with Crippen LogP contribution >= 0.6 is 7.82 Å². The van der Waals surface area contributed by atoms with Gasteiger partial charge in [-0.25, -0.2) is 4.57 Å². The van der Waals surface area contributed by atoms with Crippen LogP contribution in [0.2, 0.25) is 0 Å². The highest BCUT2D eigenvalue weighted by atomic mass is 31.2. The molecular weight excluding hydrogens is 808 g/mol. The number of phosphoric ester groups is 1. The average molecular weight is 905 g/mol. The van der Waals surface area contributed by atoms with E-state index in [-0.39, 0.29) is 25.9 Å². The summed E-state index contributed by atoms with van der Waals surface area (Å²) in [6, 6.07) is 0. The summed E-state index contributed by atoms with van der Waals surface area (Å²) in [6.07, 6.45) is 39.3. The first-order valence-corrected chi connectivity index (χ1v) is 27.4. The van der Waals surface area contributed by atoms with Crippen LogP contribution < -0.4 is 0 Å². The number of aliphatic hydroxyl groups excluding tert-OH is 1. The summed E-state index contributed by atoms with van der Waals surface area (Å²) in [5.74, 6) is -1.44. The van der Waals surface area contributed by atoms with Crippen LogP contribution in [0.5, 0.6) is 0 Å². The van der Waals surface area contributed by atoms with Crippen molar-refractivity contribution in [3.05, 3.63) is 0 Å². The Labute approximate surface area is 380 Å². The zero-order valence-corrected chi connectivity index (χ0v) is 41.3. The van der Waals surface area contributed by atoms with E-state index in [0.29, 0.717) is 19.3 Å². The van der Waals surface area contributed by atoms with Crippen molar-refractivity contribution >= 4 is 25.7 Å². The largest absolute Gasteiger partial charge is 0.472 e. The lowest BCUT2D eigenvalue weighted by atomic mass is 10.0. The molecule has 62 heavy (non-hydrogen) atoms. The molecule has 0 rings (SSSR count). The summed E-state index contributed by atoms with van der Waals surface area (Å²) in [5.41, 5.74) is 0. The van der Waals surface area contributed by atoms with Gasteiger partial charge >= 0.3 is 25.7 Å². The molecule has 11 nitrogen and oxygen atoms in total. The predicted molar refractivity (Wildman–Crippen MR) is 252 cm³/mol. The van der Waals surface area contributed by atoms with Gasteiger partial charge in [-0.05, 0) is 19.3 Å². The highest BCUT2D eigenvalue weighted by molar-refractivity contribution is 7.47. The van der Waals surface area contributed by atoms with E-state index in [1.807, 2.05) is 0 Å². The topological polar surface area (TPSA) is 155 Å². The van der Waals surface area contributed by atoms with Crippen LogP contribution in [-0.2, 0) is 42.2 Å². The van der Waals surface area contributed by atoms with Gasteiger partial charge in [0.1, 0.15) is 12.7 Å². The number of ether oxygens (including phenoxy) is 3. The van der Waals surface area contributed by atoms with E-state index in [1.54, 1.807) is 0 Å². The van der Waals surface area contributed by atoms with Gasteiger partial charge in [0, 0.05) is 19.3 Å². The second kappa shape index (κ2) is 46.0. The van der Waals surface area contributed by atoms with Crippen LogP contribution in [0.15, 0.2) is 0 Å². The third kappa shape index (κ3) is 43.7. The Kier molecular flexibility index (Phi) is 44.9. The Morgan fingerprint density at radius 3 is 0.952 bits per heavy atom. The van der Waals surface area contributed by atoms with Gasteiger partial charge in [0.2, 0.25) is 0 Å². The van der Waals surface area contributed by atoms with Crippen molar-refractivity contribution in [1.29, 1.82) is 0 Å². The molecule has 0 aliphatic rings. The maximum absolute atomic E-state index is 12.8. The molecule has 0 aliphatic heterocycles. The highest BCUT2D eigenvalue weighted by Crippen LogP contribution is 2.43. The lowest BCUT2D eigenvalue weighted by Crippen LogP contribution is -2.30. The minimum Gasteiger partial charge on any atom is -0.462 e. The molecule has 0 bridgehead atoms. The van der Waals surface area contributed by atoms with Crippen molar-refractivity contribution in [3.63, 3.8) is 0 Å². The number of hydrogen-bond acceptors (Lipinski definition) is 10. The fourth-order valence-electron chi connectivity index (χ4n) is 7.53. The number of unbranched alkanes of at least 4 members (excludes halogenated alkanes) is 32. The summed E-state index contributed by atoms with van der Waals surface area (Å²) in [5, 5.41) is 9.75. The van der Waals surface area contributed by atoms with Gasteiger partial charge in [0.05, 0.1) is 19.8 Å². The highest BCUT2D eigenvalue weighted by Gasteiger charge is 2.28. The van der Waals surface area contributed by atoms with Gasteiger partial charge in [0.25, 0.3) is 0 Å². The molecule has 0 saturated heterocycles. The lowest BCUT2D eigenvalue weighted by molar-refractivity contribution is -0.161. The summed E-state index contributed by atoms with van der Waals surface area (Å²) in [6.45, 7) is 4.65.